The maximum absolute atomic E-state index is 5.94. The van der Waals surface area contributed by atoms with Gasteiger partial charge in [-0.25, -0.2) is 0 Å². The van der Waals surface area contributed by atoms with E-state index in [-0.39, 0.29) is 6.04 Å². The molecule has 0 aromatic carbocycles. The Morgan fingerprint density at radius 1 is 1.53 bits per heavy atom. The van der Waals surface area contributed by atoms with Gasteiger partial charge < -0.3 is 15.1 Å². The summed E-state index contributed by atoms with van der Waals surface area (Å²) in [5.41, 5.74) is 6.85. The lowest BCUT2D eigenvalue weighted by molar-refractivity contribution is 0.500. The SMILES string of the molecule is NC1CCCN(c2n[nH]c(-c3ccoc3)n2)C1. The lowest BCUT2D eigenvalue weighted by atomic mass is 10.1. The van der Waals surface area contributed by atoms with Crippen molar-refractivity contribution in [1.29, 1.82) is 0 Å². The summed E-state index contributed by atoms with van der Waals surface area (Å²) in [6.45, 7) is 1.79. The van der Waals surface area contributed by atoms with Crippen molar-refractivity contribution >= 4 is 5.95 Å². The smallest absolute Gasteiger partial charge is 0.245 e. The van der Waals surface area contributed by atoms with Gasteiger partial charge in [0.2, 0.25) is 5.95 Å². The van der Waals surface area contributed by atoms with Crippen molar-refractivity contribution in [2.45, 2.75) is 18.9 Å². The lowest BCUT2D eigenvalue weighted by Crippen LogP contribution is -2.43. The number of furan rings is 1. The number of H-pyrrole nitrogens is 1. The van der Waals surface area contributed by atoms with E-state index in [1.807, 2.05) is 6.07 Å². The van der Waals surface area contributed by atoms with E-state index < -0.39 is 0 Å². The number of aromatic amines is 1. The molecule has 0 radical (unpaired) electrons. The molecule has 3 N–H and O–H groups in total. The third-order valence-electron chi connectivity index (χ3n) is 3.01. The number of aromatic nitrogens is 3. The summed E-state index contributed by atoms with van der Waals surface area (Å²) in [7, 11) is 0. The van der Waals surface area contributed by atoms with Crippen molar-refractivity contribution in [2.75, 3.05) is 18.0 Å². The fraction of sp³-hybridized carbons (Fsp3) is 0.455. The average molecular weight is 233 g/mol. The first-order valence-corrected chi connectivity index (χ1v) is 5.78. The largest absolute Gasteiger partial charge is 0.472 e. The molecule has 0 amide bonds. The molecular weight excluding hydrogens is 218 g/mol. The van der Waals surface area contributed by atoms with Crippen molar-refractivity contribution in [3.05, 3.63) is 18.6 Å². The summed E-state index contributed by atoms with van der Waals surface area (Å²) >= 11 is 0. The standard InChI is InChI=1S/C11H15N5O/c12-9-2-1-4-16(6-9)11-13-10(14-15-11)8-3-5-17-7-8/h3,5,7,9H,1-2,4,6,12H2,(H,13,14,15). The molecule has 1 unspecified atom stereocenters. The molecule has 3 heterocycles. The second-order valence-corrected chi connectivity index (χ2v) is 4.34. The molecule has 2 aromatic heterocycles. The van der Waals surface area contributed by atoms with Crippen molar-refractivity contribution in [3.63, 3.8) is 0 Å². The monoisotopic (exact) mass is 233 g/mol. The zero-order valence-electron chi connectivity index (χ0n) is 9.47. The van der Waals surface area contributed by atoms with Crippen LogP contribution in [0.25, 0.3) is 11.4 Å². The topological polar surface area (TPSA) is 84.0 Å². The molecule has 0 aliphatic carbocycles. The second-order valence-electron chi connectivity index (χ2n) is 4.34. The summed E-state index contributed by atoms with van der Waals surface area (Å²) in [5, 5.41) is 7.14. The average Bonchev–Trinajstić information content (AvgIpc) is 3.00. The first kappa shape index (κ1) is 10.3. The van der Waals surface area contributed by atoms with Gasteiger partial charge in [-0.1, -0.05) is 0 Å². The number of nitrogens with two attached hydrogens (primary N) is 1. The zero-order chi connectivity index (χ0) is 11.7. The van der Waals surface area contributed by atoms with Crippen LogP contribution in [0, 0.1) is 0 Å². The Bertz CT molecular complexity index is 478. The first-order valence-electron chi connectivity index (χ1n) is 5.78. The van der Waals surface area contributed by atoms with Gasteiger partial charge >= 0.3 is 0 Å². The normalized spacial score (nSPS) is 20.8. The molecule has 6 nitrogen and oxygen atoms in total. The first-order chi connectivity index (χ1) is 8.33. The summed E-state index contributed by atoms with van der Waals surface area (Å²) in [4.78, 5) is 6.57. The van der Waals surface area contributed by atoms with Crippen molar-refractivity contribution in [1.82, 2.24) is 15.2 Å². The van der Waals surface area contributed by atoms with E-state index in [4.69, 9.17) is 10.2 Å². The lowest BCUT2D eigenvalue weighted by Gasteiger charge is -2.29. The van der Waals surface area contributed by atoms with E-state index in [2.05, 4.69) is 20.1 Å². The van der Waals surface area contributed by atoms with E-state index in [0.29, 0.717) is 0 Å². The third kappa shape index (κ3) is 2.03. The molecule has 3 rings (SSSR count). The third-order valence-corrected chi connectivity index (χ3v) is 3.01. The Kier molecular flexibility index (Phi) is 2.56. The van der Waals surface area contributed by atoms with E-state index in [9.17, 15) is 0 Å². The molecule has 1 aliphatic rings. The Hall–Kier alpha value is -1.82. The summed E-state index contributed by atoms with van der Waals surface area (Å²) in [6, 6.07) is 2.08. The second kappa shape index (κ2) is 4.21. The summed E-state index contributed by atoms with van der Waals surface area (Å²) in [6.07, 6.45) is 5.44. The van der Waals surface area contributed by atoms with Crippen LogP contribution in [0.2, 0.25) is 0 Å². The van der Waals surface area contributed by atoms with E-state index >= 15 is 0 Å². The summed E-state index contributed by atoms with van der Waals surface area (Å²) < 4.78 is 5.02. The number of rotatable bonds is 2. The van der Waals surface area contributed by atoms with Gasteiger partial charge in [-0.05, 0) is 18.9 Å². The van der Waals surface area contributed by atoms with Crippen LogP contribution in [-0.4, -0.2) is 34.3 Å². The molecule has 1 atom stereocenters. The van der Waals surface area contributed by atoms with E-state index in [1.165, 1.54) is 0 Å². The number of hydrogen-bond donors (Lipinski definition) is 2. The van der Waals surface area contributed by atoms with Crippen molar-refractivity contribution in [2.24, 2.45) is 5.73 Å². The predicted molar refractivity (Wildman–Crippen MR) is 63.5 cm³/mol. The maximum Gasteiger partial charge on any atom is 0.245 e. The van der Waals surface area contributed by atoms with E-state index in [0.717, 1.165) is 43.3 Å². The van der Waals surface area contributed by atoms with Crippen LogP contribution < -0.4 is 10.6 Å². The van der Waals surface area contributed by atoms with Crippen LogP contribution in [0.15, 0.2) is 23.0 Å². The molecule has 0 bridgehead atoms. The molecule has 0 spiro atoms. The van der Waals surface area contributed by atoms with Crippen LogP contribution in [0.5, 0.6) is 0 Å². The molecule has 1 aliphatic heterocycles. The highest BCUT2D eigenvalue weighted by Crippen LogP contribution is 2.20. The van der Waals surface area contributed by atoms with Gasteiger partial charge in [0.05, 0.1) is 11.8 Å². The zero-order valence-corrected chi connectivity index (χ0v) is 9.47. The Morgan fingerprint density at radius 2 is 2.47 bits per heavy atom. The van der Waals surface area contributed by atoms with Crippen LogP contribution >= 0.6 is 0 Å². The Labute approximate surface area is 98.8 Å². The number of piperidine rings is 1. The molecule has 6 heteroatoms. The van der Waals surface area contributed by atoms with Crippen molar-refractivity contribution in [3.8, 4) is 11.4 Å². The van der Waals surface area contributed by atoms with Crippen LogP contribution in [-0.2, 0) is 0 Å². The number of nitrogens with zero attached hydrogens (tertiary/aromatic N) is 3. The molecule has 2 aromatic rings. The highest BCUT2D eigenvalue weighted by atomic mass is 16.3. The maximum atomic E-state index is 5.94. The van der Waals surface area contributed by atoms with Gasteiger partial charge in [0, 0.05) is 19.1 Å². The number of anilines is 1. The minimum atomic E-state index is 0.222. The Morgan fingerprint density at radius 3 is 3.24 bits per heavy atom. The van der Waals surface area contributed by atoms with Gasteiger partial charge in [-0.3, -0.25) is 5.10 Å². The van der Waals surface area contributed by atoms with E-state index in [1.54, 1.807) is 12.5 Å². The van der Waals surface area contributed by atoms with Crippen molar-refractivity contribution < 1.29 is 4.42 Å². The highest BCUT2D eigenvalue weighted by Gasteiger charge is 2.20. The van der Waals surface area contributed by atoms with Gasteiger partial charge in [0.25, 0.3) is 0 Å². The molecule has 90 valence electrons. The fourth-order valence-electron chi connectivity index (χ4n) is 2.11. The van der Waals surface area contributed by atoms with Gasteiger partial charge in [0.1, 0.15) is 6.26 Å². The summed E-state index contributed by atoms with van der Waals surface area (Å²) in [5.74, 6) is 1.45. The molecule has 1 saturated heterocycles. The number of hydrogen-bond acceptors (Lipinski definition) is 5. The quantitative estimate of drug-likeness (QED) is 0.808. The van der Waals surface area contributed by atoms with Gasteiger partial charge in [-0.2, -0.15) is 4.98 Å². The molecule has 0 saturated carbocycles. The Balaban J connectivity index is 1.80. The minimum absolute atomic E-state index is 0.222. The predicted octanol–water partition coefficient (Wildman–Crippen LogP) is 0.992. The van der Waals surface area contributed by atoms with Gasteiger partial charge in [-0.15, -0.1) is 5.10 Å². The molecule has 1 fully saturated rings. The van der Waals surface area contributed by atoms with Crippen LogP contribution in [0.1, 0.15) is 12.8 Å². The van der Waals surface area contributed by atoms with Gasteiger partial charge in [0.15, 0.2) is 5.82 Å². The minimum Gasteiger partial charge on any atom is -0.472 e. The number of nitrogens with one attached hydrogen (secondary N) is 1. The molecule has 17 heavy (non-hydrogen) atoms. The highest BCUT2D eigenvalue weighted by molar-refractivity contribution is 5.54. The fourth-order valence-corrected chi connectivity index (χ4v) is 2.11. The van der Waals surface area contributed by atoms with Crippen LogP contribution in [0.4, 0.5) is 5.95 Å². The van der Waals surface area contributed by atoms with Crippen LogP contribution in [0.3, 0.4) is 0 Å². The molecular formula is C11H15N5O.